The second-order valence-electron chi connectivity index (χ2n) is 6.39. The van der Waals surface area contributed by atoms with Gasteiger partial charge in [0, 0.05) is 0 Å². The third-order valence-electron chi connectivity index (χ3n) is 4.53. The van der Waals surface area contributed by atoms with Crippen LogP contribution in [0, 0.1) is 5.82 Å². The van der Waals surface area contributed by atoms with E-state index >= 15 is 0 Å². The number of halogens is 2. The number of carbonyl (C=O) groups is 3. The van der Waals surface area contributed by atoms with Gasteiger partial charge in [-0.2, -0.15) is 0 Å². The summed E-state index contributed by atoms with van der Waals surface area (Å²) in [6.07, 6.45) is 0. The highest BCUT2D eigenvalue weighted by molar-refractivity contribution is 6.33. The van der Waals surface area contributed by atoms with E-state index in [9.17, 15) is 18.8 Å². The van der Waals surface area contributed by atoms with Crippen LogP contribution in [0.4, 0.5) is 14.9 Å². The highest BCUT2D eigenvalue weighted by atomic mass is 35.5. The summed E-state index contributed by atoms with van der Waals surface area (Å²) < 4.78 is 13.1. The summed E-state index contributed by atoms with van der Waals surface area (Å²) >= 11 is 5.91. The van der Waals surface area contributed by atoms with Gasteiger partial charge in [-0.15, -0.1) is 0 Å². The Balaban J connectivity index is 1.82. The molecule has 3 rings (SSSR count). The van der Waals surface area contributed by atoms with Crippen LogP contribution < -0.4 is 10.6 Å². The predicted molar refractivity (Wildman–Crippen MR) is 98.7 cm³/mol. The molecule has 1 heterocycles. The molecule has 6 nitrogen and oxygen atoms in total. The Morgan fingerprint density at radius 1 is 1.22 bits per heavy atom. The van der Waals surface area contributed by atoms with Gasteiger partial charge in [0.25, 0.3) is 5.91 Å². The lowest BCUT2D eigenvalue weighted by Crippen LogP contribution is -2.47. The van der Waals surface area contributed by atoms with Crippen molar-refractivity contribution in [1.82, 2.24) is 10.2 Å². The van der Waals surface area contributed by atoms with Crippen LogP contribution in [0.5, 0.6) is 0 Å². The minimum Gasteiger partial charge on any atom is -0.323 e. The Bertz CT molecular complexity index is 922. The van der Waals surface area contributed by atoms with Crippen molar-refractivity contribution in [2.24, 2.45) is 0 Å². The molecule has 140 valence electrons. The average molecular weight is 390 g/mol. The molecule has 1 aliphatic rings. The van der Waals surface area contributed by atoms with Crippen LogP contribution in [0.2, 0.25) is 5.02 Å². The van der Waals surface area contributed by atoms with Crippen LogP contribution in [0.3, 0.4) is 0 Å². The Hall–Kier alpha value is -2.93. The molecular formula is C19H17ClFN3O3. The van der Waals surface area contributed by atoms with Crippen LogP contribution in [0.15, 0.2) is 48.5 Å². The molecule has 0 saturated carbocycles. The fourth-order valence-corrected chi connectivity index (χ4v) is 3.14. The highest BCUT2D eigenvalue weighted by Gasteiger charge is 2.51. The number of anilines is 1. The third-order valence-corrected chi connectivity index (χ3v) is 4.84. The van der Waals surface area contributed by atoms with Gasteiger partial charge >= 0.3 is 6.03 Å². The molecule has 0 unspecified atom stereocenters. The number of amides is 4. The fourth-order valence-electron chi connectivity index (χ4n) is 2.92. The molecule has 2 N–H and O–H groups in total. The van der Waals surface area contributed by atoms with Gasteiger partial charge in [0.05, 0.1) is 10.7 Å². The highest BCUT2D eigenvalue weighted by Crippen LogP contribution is 2.30. The topological polar surface area (TPSA) is 78.5 Å². The standard InChI is InChI=1S/C19H17ClFN3O3/c1-11(16(25)22-15-9-8-13(21)10-14(15)20)24-17(26)19(2,23-18(24)27)12-6-4-3-5-7-12/h3-11H,1-2H3,(H,22,25)(H,23,27)/t11-,19-/m1/s1. The third kappa shape index (κ3) is 3.38. The molecule has 8 heteroatoms. The van der Waals surface area contributed by atoms with Gasteiger partial charge in [-0.25, -0.2) is 14.1 Å². The normalized spacial score (nSPS) is 20.4. The van der Waals surface area contributed by atoms with Crippen molar-refractivity contribution in [2.75, 3.05) is 5.32 Å². The van der Waals surface area contributed by atoms with Crippen molar-refractivity contribution in [3.8, 4) is 0 Å². The molecule has 0 radical (unpaired) electrons. The van der Waals surface area contributed by atoms with E-state index in [0.29, 0.717) is 5.56 Å². The number of carbonyl (C=O) groups excluding carboxylic acids is 3. The molecule has 27 heavy (non-hydrogen) atoms. The van der Waals surface area contributed by atoms with Gasteiger partial charge in [0.15, 0.2) is 0 Å². The predicted octanol–water partition coefficient (Wildman–Crippen LogP) is 3.27. The second kappa shape index (κ2) is 7.00. The quantitative estimate of drug-likeness (QED) is 0.788. The number of nitrogens with zero attached hydrogens (tertiary/aromatic N) is 1. The number of hydrogen-bond donors (Lipinski definition) is 2. The molecule has 1 saturated heterocycles. The number of benzene rings is 2. The number of urea groups is 1. The summed E-state index contributed by atoms with van der Waals surface area (Å²) in [5.41, 5.74) is -0.465. The van der Waals surface area contributed by atoms with Gasteiger partial charge in [0.1, 0.15) is 17.4 Å². The molecular weight excluding hydrogens is 373 g/mol. The number of nitrogens with one attached hydrogen (secondary N) is 2. The van der Waals surface area contributed by atoms with Crippen LogP contribution in [-0.2, 0) is 15.1 Å². The second-order valence-corrected chi connectivity index (χ2v) is 6.79. The van der Waals surface area contributed by atoms with Crippen molar-refractivity contribution >= 4 is 35.1 Å². The SMILES string of the molecule is C[C@H](C(=O)Nc1ccc(F)cc1Cl)N1C(=O)N[C@](C)(c2ccccc2)C1=O. The van der Waals surface area contributed by atoms with Crippen molar-refractivity contribution in [2.45, 2.75) is 25.4 Å². The largest absolute Gasteiger partial charge is 0.326 e. The van der Waals surface area contributed by atoms with Crippen LogP contribution in [0.25, 0.3) is 0 Å². The summed E-state index contributed by atoms with van der Waals surface area (Å²) in [5, 5.41) is 5.17. The fraction of sp³-hybridized carbons (Fsp3) is 0.211. The maximum atomic E-state index is 13.1. The molecule has 2 atom stereocenters. The van der Waals surface area contributed by atoms with E-state index in [0.717, 1.165) is 17.0 Å². The Morgan fingerprint density at radius 3 is 2.52 bits per heavy atom. The van der Waals surface area contributed by atoms with Crippen LogP contribution >= 0.6 is 11.6 Å². The van der Waals surface area contributed by atoms with E-state index in [2.05, 4.69) is 10.6 Å². The molecule has 1 fully saturated rings. The van der Waals surface area contributed by atoms with Crippen molar-refractivity contribution in [3.05, 3.63) is 64.9 Å². The van der Waals surface area contributed by atoms with Gasteiger partial charge < -0.3 is 10.6 Å². The molecule has 0 bridgehead atoms. The Kier molecular flexibility index (Phi) is 4.89. The minimum absolute atomic E-state index is 0.0156. The summed E-state index contributed by atoms with van der Waals surface area (Å²) in [7, 11) is 0. The molecule has 2 aromatic rings. The van der Waals surface area contributed by atoms with Gasteiger partial charge in [-0.3, -0.25) is 9.59 Å². The lowest BCUT2D eigenvalue weighted by Gasteiger charge is -2.24. The summed E-state index contributed by atoms with van der Waals surface area (Å²) in [4.78, 5) is 38.8. The van der Waals surface area contributed by atoms with Gasteiger partial charge in [-0.1, -0.05) is 41.9 Å². The summed E-state index contributed by atoms with van der Waals surface area (Å²) in [5.74, 6) is -1.70. The lowest BCUT2D eigenvalue weighted by molar-refractivity contribution is -0.136. The first-order valence-corrected chi connectivity index (χ1v) is 8.59. The molecule has 2 aromatic carbocycles. The Morgan fingerprint density at radius 2 is 1.89 bits per heavy atom. The molecule has 0 spiro atoms. The number of rotatable bonds is 4. The molecule has 4 amide bonds. The van der Waals surface area contributed by atoms with Crippen molar-refractivity contribution in [1.29, 1.82) is 0 Å². The van der Waals surface area contributed by atoms with E-state index in [1.807, 2.05) is 0 Å². The maximum Gasteiger partial charge on any atom is 0.326 e. The maximum absolute atomic E-state index is 13.1. The first-order valence-electron chi connectivity index (χ1n) is 8.21. The Labute approximate surface area is 160 Å². The lowest BCUT2D eigenvalue weighted by atomic mass is 9.92. The zero-order chi connectivity index (χ0) is 19.8. The minimum atomic E-state index is -1.26. The van der Waals surface area contributed by atoms with E-state index in [1.54, 1.807) is 37.3 Å². The van der Waals surface area contributed by atoms with E-state index in [-0.39, 0.29) is 10.7 Å². The van der Waals surface area contributed by atoms with E-state index in [1.165, 1.54) is 13.0 Å². The zero-order valence-corrected chi connectivity index (χ0v) is 15.4. The van der Waals surface area contributed by atoms with E-state index < -0.39 is 35.2 Å². The average Bonchev–Trinajstić information content (AvgIpc) is 2.87. The monoisotopic (exact) mass is 389 g/mol. The van der Waals surface area contributed by atoms with Crippen LogP contribution in [0.1, 0.15) is 19.4 Å². The first-order chi connectivity index (χ1) is 12.7. The van der Waals surface area contributed by atoms with Crippen molar-refractivity contribution in [3.63, 3.8) is 0 Å². The van der Waals surface area contributed by atoms with Gasteiger partial charge in [0.2, 0.25) is 5.91 Å². The van der Waals surface area contributed by atoms with Crippen molar-refractivity contribution < 1.29 is 18.8 Å². The first kappa shape index (κ1) is 18.8. The number of hydrogen-bond acceptors (Lipinski definition) is 3. The zero-order valence-electron chi connectivity index (χ0n) is 14.6. The molecule has 1 aliphatic heterocycles. The molecule has 0 aromatic heterocycles. The smallest absolute Gasteiger partial charge is 0.323 e. The number of imide groups is 1. The summed E-state index contributed by atoms with van der Waals surface area (Å²) in [6.45, 7) is 3.02. The molecule has 0 aliphatic carbocycles. The van der Waals surface area contributed by atoms with E-state index in [4.69, 9.17) is 11.6 Å². The summed E-state index contributed by atoms with van der Waals surface area (Å²) in [6, 6.07) is 10.5. The van der Waals surface area contributed by atoms with Crippen LogP contribution in [-0.4, -0.2) is 28.8 Å². The van der Waals surface area contributed by atoms with Gasteiger partial charge in [-0.05, 0) is 37.6 Å².